The van der Waals surface area contributed by atoms with Gasteiger partial charge in [0.1, 0.15) is 0 Å². The number of alkyl halides is 3. The maximum Gasteiger partial charge on any atom is 0.416 e. The summed E-state index contributed by atoms with van der Waals surface area (Å²) >= 11 is 9.19. The lowest BCUT2D eigenvalue weighted by molar-refractivity contribution is -0.138. The van der Waals surface area contributed by atoms with Crippen LogP contribution < -0.4 is 16.0 Å². The topological polar surface area (TPSA) is 145 Å². The van der Waals surface area contributed by atoms with Crippen molar-refractivity contribution in [3.63, 3.8) is 0 Å². The van der Waals surface area contributed by atoms with Crippen LogP contribution in [0, 0.1) is 0 Å². The van der Waals surface area contributed by atoms with Crippen LogP contribution in [0.3, 0.4) is 0 Å². The van der Waals surface area contributed by atoms with E-state index in [0.29, 0.717) is 19.4 Å². The van der Waals surface area contributed by atoms with Crippen molar-refractivity contribution in [3.8, 4) is 0 Å². The van der Waals surface area contributed by atoms with E-state index < -0.39 is 46.0 Å². The molecule has 0 unspecified atom stereocenters. The van der Waals surface area contributed by atoms with Gasteiger partial charge in [0, 0.05) is 40.7 Å². The summed E-state index contributed by atoms with van der Waals surface area (Å²) in [6, 6.07) is 5.73. The van der Waals surface area contributed by atoms with Crippen LogP contribution in [-0.2, 0) is 33.9 Å². The Bertz CT molecular complexity index is 1460. The number of carbonyl (C=O) groups excluding carboxylic acids is 2. The standard InChI is InChI=1S/C26H29BrClF3N4O6S/c1-2-42(40,41)22-6-5-17(28)8-16(22)11-32-24(37)15-9-20(26(29,30)31)19(21(27)10-15)14-35-7-3-4-18(13-35)34-23(36)12-33-25(38)39/h5-6,8-10,18,33H,2-4,7,11-14H2,1H3,(H,32,37)(H,34,36)(H,38,39)/t18-/m0/s1. The Morgan fingerprint density at radius 3 is 2.52 bits per heavy atom. The number of nitrogens with zero attached hydrogens (tertiary/aromatic N) is 1. The van der Waals surface area contributed by atoms with Crippen LogP contribution >= 0.6 is 27.5 Å². The number of benzene rings is 2. The average Bonchev–Trinajstić information content (AvgIpc) is 2.91. The fraction of sp³-hybridized carbons (Fsp3) is 0.423. The third-order valence-electron chi connectivity index (χ3n) is 6.59. The van der Waals surface area contributed by atoms with Crippen LogP contribution in [0.5, 0.6) is 0 Å². The van der Waals surface area contributed by atoms with Crippen molar-refractivity contribution in [1.82, 2.24) is 20.9 Å². The summed E-state index contributed by atoms with van der Waals surface area (Å²) in [6.07, 6.45) is -4.98. The number of likely N-dealkylation sites (tertiary alicyclic amines) is 1. The molecule has 42 heavy (non-hydrogen) atoms. The molecule has 1 aliphatic heterocycles. The van der Waals surface area contributed by atoms with Crippen molar-refractivity contribution in [2.45, 2.75) is 50.0 Å². The molecule has 0 aliphatic carbocycles. The minimum atomic E-state index is -4.80. The fourth-order valence-electron chi connectivity index (χ4n) is 4.58. The molecule has 16 heteroatoms. The van der Waals surface area contributed by atoms with Crippen molar-refractivity contribution in [2.75, 3.05) is 25.4 Å². The molecule has 0 aromatic heterocycles. The van der Waals surface area contributed by atoms with E-state index in [1.165, 1.54) is 31.2 Å². The van der Waals surface area contributed by atoms with Crippen molar-refractivity contribution in [2.24, 2.45) is 0 Å². The van der Waals surface area contributed by atoms with Crippen LogP contribution in [0.2, 0.25) is 5.02 Å². The molecule has 1 atom stereocenters. The van der Waals surface area contributed by atoms with Crippen molar-refractivity contribution in [1.29, 1.82) is 0 Å². The van der Waals surface area contributed by atoms with Gasteiger partial charge in [-0.05, 0) is 60.8 Å². The molecular weight excluding hydrogens is 669 g/mol. The minimum Gasteiger partial charge on any atom is -0.465 e. The zero-order valence-electron chi connectivity index (χ0n) is 22.4. The van der Waals surface area contributed by atoms with Gasteiger partial charge in [0.15, 0.2) is 9.84 Å². The van der Waals surface area contributed by atoms with Gasteiger partial charge in [0.2, 0.25) is 5.91 Å². The van der Waals surface area contributed by atoms with Crippen molar-refractivity contribution in [3.05, 3.63) is 62.1 Å². The molecule has 0 saturated carbocycles. The number of piperidine rings is 1. The highest BCUT2D eigenvalue weighted by Crippen LogP contribution is 2.37. The number of hydrogen-bond acceptors (Lipinski definition) is 6. The summed E-state index contributed by atoms with van der Waals surface area (Å²) in [7, 11) is -3.65. The van der Waals surface area contributed by atoms with E-state index >= 15 is 0 Å². The Hall–Kier alpha value is -2.88. The summed E-state index contributed by atoms with van der Waals surface area (Å²) in [5.74, 6) is -1.58. The Kier molecular flexibility index (Phi) is 11.3. The largest absolute Gasteiger partial charge is 0.465 e. The molecule has 1 aliphatic rings. The van der Waals surface area contributed by atoms with Crippen LogP contribution in [0.25, 0.3) is 0 Å². The number of carbonyl (C=O) groups is 3. The van der Waals surface area contributed by atoms with Gasteiger partial charge in [0.25, 0.3) is 5.91 Å². The molecule has 4 N–H and O–H groups in total. The summed E-state index contributed by atoms with van der Waals surface area (Å²) in [5.41, 5.74) is -1.19. The van der Waals surface area contributed by atoms with Crippen LogP contribution in [0.1, 0.15) is 46.8 Å². The smallest absolute Gasteiger partial charge is 0.416 e. The third-order valence-corrected chi connectivity index (χ3v) is 9.36. The summed E-state index contributed by atoms with van der Waals surface area (Å²) < 4.78 is 67.5. The first-order valence-electron chi connectivity index (χ1n) is 12.8. The molecule has 0 spiro atoms. The Morgan fingerprint density at radius 2 is 1.88 bits per heavy atom. The van der Waals surface area contributed by atoms with Gasteiger partial charge in [-0.25, -0.2) is 13.2 Å². The highest BCUT2D eigenvalue weighted by Gasteiger charge is 2.36. The van der Waals surface area contributed by atoms with E-state index in [2.05, 4.69) is 26.6 Å². The Morgan fingerprint density at radius 1 is 1.17 bits per heavy atom. The average molecular weight is 698 g/mol. The number of nitrogens with one attached hydrogen (secondary N) is 3. The molecule has 3 rings (SSSR count). The van der Waals surface area contributed by atoms with Gasteiger partial charge >= 0.3 is 12.3 Å². The first kappa shape index (κ1) is 33.6. The quantitative estimate of drug-likeness (QED) is 0.292. The molecule has 3 amide bonds. The van der Waals surface area contributed by atoms with E-state index in [1.54, 1.807) is 4.90 Å². The Balaban J connectivity index is 1.78. The second-order valence-corrected chi connectivity index (χ2v) is 13.2. The monoisotopic (exact) mass is 696 g/mol. The normalized spacial score (nSPS) is 16.1. The number of sulfone groups is 1. The number of carboxylic acid groups (broad SMARTS) is 1. The zero-order valence-corrected chi connectivity index (χ0v) is 25.5. The molecule has 1 heterocycles. The molecule has 2 aromatic rings. The van der Waals surface area contributed by atoms with Gasteiger partial charge < -0.3 is 21.1 Å². The van der Waals surface area contributed by atoms with Crippen LogP contribution in [0.4, 0.5) is 18.0 Å². The lowest BCUT2D eigenvalue weighted by Gasteiger charge is -2.34. The second kappa shape index (κ2) is 14.1. The second-order valence-electron chi connectivity index (χ2n) is 9.62. The van der Waals surface area contributed by atoms with Gasteiger partial charge in [-0.15, -0.1) is 0 Å². The molecule has 1 fully saturated rings. The molecular formula is C26H29BrClF3N4O6S. The number of rotatable bonds is 10. The first-order valence-corrected chi connectivity index (χ1v) is 15.6. The van der Waals surface area contributed by atoms with E-state index in [-0.39, 0.29) is 62.5 Å². The molecule has 2 aromatic carbocycles. The third kappa shape index (κ3) is 9.06. The van der Waals surface area contributed by atoms with E-state index in [0.717, 1.165) is 6.07 Å². The summed E-state index contributed by atoms with van der Waals surface area (Å²) in [6.45, 7) is 1.33. The molecule has 0 bridgehead atoms. The zero-order chi connectivity index (χ0) is 31.2. The summed E-state index contributed by atoms with van der Waals surface area (Å²) in [4.78, 5) is 37.2. The van der Waals surface area contributed by atoms with E-state index in [4.69, 9.17) is 16.7 Å². The predicted octanol–water partition coefficient (Wildman–Crippen LogP) is 4.19. The van der Waals surface area contributed by atoms with Crippen molar-refractivity contribution >= 4 is 55.3 Å². The number of hydrogen-bond donors (Lipinski definition) is 4. The van der Waals surface area contributed by atoms with Crippen molar-refractivity contribution < 1.29 is 41.1 Å². The van der Waals surface area contributed by atoms with Gasteiger partial charge in [-0.1, -0.05) is 34.5 Å². The van der Waals surface area contributed by atoms with E-state index in [9.17, 15) is 36.0 Å². The summed E-state index contributed by atoms with van der Waals surface area (Å²) in [5, 5.41) is 16.0. The molecule has 10 nitrogen and oxygen atoms in total. The first-order chi connectivity index (χ1) is 19.6. The maximum absolute atomic E-state index is 14.2. The van der Waals surface area contributed by atoms with E-state index in [1.807, 2.05) is 5.32 Å². The molecule has 1 saturated heterocycles. The minimum absolute atomic E-state index is 0.0311. The lowest BCUT2D eigenvalue weighted by Crippen LogP contribution is -2.49. The predicted molar refractivity (Wildman–Crippen MR) is 152 cm³/mol. The molecule has 0 radical (unpaired) electrons. The van der Waals surface area contributed by atoms with Gasteiger partial charge in [-0.2, -0.15) is 13.2 Å². The molecule has 230 valence electrons. The highest BCUT2D eigenvalue weighted by molar-refractivity contribution is 9.10. The number of amides is 3. The fourth-order valence-corrected chi connectivity index (χ4v) is 6.48. The van der Waals surface area contributed by atoms with Crippen LogP contribution in [0.15, 0.2) is 39.7 Å². The SMILES string of the molecule is CCS(=O)(=O)c1ccc(Cl)cc1CNC(=O)c1cc(Br)c(CN2CCC[C@H](NC(=O)CNC(=O)O)C2)c(C(F)(F)F)c1. The number of halogens is 5. The lowest BCUT2D eigenvalue weighted by atomic mass is 10.00. The van der Waals surface area contributed by atoms with Crippen LogP contribution in [-0.4, -0.2) is 67.8 Å². The Labute approximate surface area is 254 Å². The van der Waals surface area contributed by atoms with Gasteiger partial charge in [-0.3, -0.25) is 14.5 Å². The maximum atomic E-state index is 14.2. The highest BCUT2D eigenvalue weighted by atomic mass is 79.9. The van der Waals surface area contributed by atoms with Gasteiger partial charge in [0.05, 0.1) is 22.8 Å².